The highest BCUT2D eigenvalue weighted by atomic mass is 32.2. The molecule has 0 bridgehead atoms. The van der Waals surface area contributed by atoms with Crippen molar-refractivity contribution in [1.29, 1.82) is 0 Å². The highest BCUT2D eigenvalue weighted by molar-refractivity contribution is 8.13. The normalized spacial score (nSPS) is 14.0. The van der Waals surface area contributed by atoms with Gasteiger partial charge in [-0.2, -0.15) is 0 Å². The van der Waals surface area contributed by atoms with E-state index < -0.39 is 17.9 Å². The minimum Gasteiger partial charge on any atom is -0.481 e. The van der Waals surface area contributed by atoms with E-state index in [0.717, 1.165) is 82.4 Å². The van der Waals surface area contributed by atoms with Gasteiger partial charge >= 0.3 is 17.9 Å². The molecule has 0 saturated carbocycles. The number of carboxylic acid groups (broad SMARTS) is 3. The number of unbranched alkanes of at least 4 members (excludes halogenated alkanes) is 6. The van der Waals surface area contributed by atoms with Gasteiger partial charge in [-0.15, -0.1) is 0 Å². The first-order chi connectivity index (χ1) is 27.4. The van der Waals surface area contributed by atoms with Crippen molar-refractivity contribution in [3.05, 3.63) is 0 Å². The molecule has 4 N–H and O–H groups in total. The first-order valence-corrected chi connectivity index (χ1v) is 24.4. The Bertz CT molecular complexity index is 895. The van der Waals surface area contributed by atoms with Crippen LogP contribution >= 0.6 is 11.8 Å². The van der Waals surface area contributed by atoms with E-state index in [-0.39, 0.29) is 29.6 Å². The van der Waals surface area contributed by atoms with Gasteiger partial charge < -0.3 is 25.4 Å². The fraction of sp³-hybridized carbons (Fsp3) is 0.896. The maximum absolute atomic E-state index is 11.2. The van der Waals surface area contributed by atoms with Crippen LogP contribution in [0.25, 0.3) is 0 Å². The van der Waals surface area contributed by atoms with Crippen molar-refractivity contribution in [2.45, 2.75) is 218 Å². The SMILES string of the molecule is CCCC[C@H](C)C(=O)O.CCCC[C@H](C)C(=O)SCC.CCCC[C@H](C)C=O.CCCC[C@H](C)CCCC[C@H](C)C(=O)O.CCCC[C@H](C)CNCC[C@H](C)C(=O)O. The van der Waals surface area contributed by atoms with Gasteiger partial charge in [-0.25, -0.2) is 0 Å². The molecular weight excluding hydrogens is 751 g/mol. The van der Waals surface area contributed by atoms with Gasteiger partial charge in [-0.1, -0.05) is 192 Å². The Morgan fingerprint density at radius 2 is 0.828 bits per heavy atom. The zero-order chi connectivity index (χ0) is 45.7. The van der Waals surface area contributed by atoms with Gasteiger partial charge in [-0.05, 0) is 69.2 Å². The highest BCUT2D eigenvalue weighted by Gasteiger charge is 2.12. The quantitative estimate of drug-likeness (QED) is 0.0391. The number of aldehydes is 1. The number of rotatable bonds is 31. The summed E-state index contributed by atoms with van der Waals surface area (Å²) in [6.07, 6.45) is 23.6. The van der Waals surface area contributed by atoms with Crippen LogP contribution in [0.2, 0.25) is 0 Å². The van der Waals surface area contributed by atoms with Gasteiger partial charge in [0.25, 0.3) is 0 Å². The van der Waals surface area contributed by atoms with Crippen LogP contribution in [0, 0.1) is 41.4 Å². The number of hydrogen-bond acceptors (Lipinski definition) is 7. The van der Waals surface area contributed by atoms with Crippen LogP contribution in [0.3, 0.4) is 0 Å². The Labute approximate surface area is 363 Å². The number of carboxylic acids is 3. The summed E-state index contributed by atoms with van der Waals surface area (Å²) in [6.45, 7) is 28.5. The van der Waals surface area contributed by atoms with Gasteiger partial charge in [0.05, 0.1) is 17.8 Å². The summed E-state index contributed by atoms with van der Waals surface area (Å²) < 4.78 is 0. The summed E-state index contributed by atoms with van der Waals surface area (Å²) in [4.78, 5) is 52.5. The van der Waals surface area contributed by atoms with Gasteiger partial charge in [0, 0.05) is 11.8 Å². The van der Waals surface area contributed by atoms with Gasteiger partial charge in [0.15, 0.2) is 5.12 Å². The minimum atomic E-state index is -0.698. The number of hydrogen-bond donors (Lipinski definition) is 4. The molecule has 0 aliphatic carbocycles. The van der Waals surface area contributed by atoms with Crippen LogP contribution in [0.4, 0.5) is 0 Å². The van der Waals surface area contributed by atoms with Crippen LogP contribution in [-0.2, 0) is 24.0 Å². The predicted molar refractivity (Wildman–Crippen MR) is 250 cm³/mol. The number of aliphatic carboxylic acids is 3. The minimum absolute atomic E-state index is 0.162. The van der Waals surface area contributed by atoms with Gasteiger partial charge in [0.1, 0.15) is 6.29 Å². The lowest BCUT2D eigenvalue weighted by Crippen LogP contribution is -2.25. The molecule has 7 atom stereocenters. The smallest absolute Gasteiger partial charge is 0.306 e. The van der Waals surface area contributed by atoms with E-state index in [1.165, 1.54) is 88.8 Å². The maximum atomic E-state index is 11.2. The molecule has 0 spiro atoms. The Kier molecular flexibility index (Phi) is 55.5. The summed E-state index contributed by atoms with van der Waals surface area (Å²) in [7, 11) is 0. The molecule has 0 fully saturated rings. The molecule has 0 rings (SSSR count). The molecule has 0 aromatic carbocycles. The van der Waals surface area contributed by atoms with Crippen LogP contribution in [0.15, 0.2) is 0 Å². The Balaban J connectivity index is -0.000000206. The van der Waals surface area contributed by atoms with Crippen molar-refractivity contribution < 1.29 is 39.3 Å². The lowest BCUT2D eigenvalue weighted by Gasteiger charge is -2.12. The molecule has 0 amide bonds. The van der Waals surface area contributed by atoms with Crippen molar-refractivity contribution in [3.63, 3.8) is 0 Å². The Hall–Kier alpha value is -1.94. The summed E-state index contributed by atoms with van der Waals surface area (Å²) in [5.74, 6) is 0.359. The van der Waals surface area contributed by atoms with Crippen LogP contribution in [-0.4, -0.2) is 63.5 Å². The second-order valence-corrected chi connectivity index (χ2v) is 18.0. The molecule has 348 valence electrons. The van der Waals surface area contributed by atoms with Crippen molar-refractivity contribution in [3.8, 4) is 0 Å². The first-order valence-electron chi connectivity index (χ1n) is 23.4. The topological polar surface area (TPSA) is 158 Å². The highest BCUT2D eigenvalue weighted by Crippen LogP contribution is 2.18. The summed E-state index contributed by atoms with van der Waals surface area (Å²) >= 11 is 1.45. The lowest BCUT2D eigenvalue weighted by molar-refractivity contribution is -0.142. The number of thioether (sulfide) groups is 1. The molecule has 0 unspecified atom stereocenters. The van der Waals surface area contributed by atoms with Crippen molar-refractivity contribution in [2.75, 3.05) is 18.8 Å². The van der Waals surface area contributed by atoms with Gasteiger partial charge in [-0.3, -0.25) is 19.2 Å². The van der Waals surface area contributed by atoms with Gasteiger partial charge in [0.2, 0.25) is 0 Å². The van der Waals surface area contributed by atoms with E-state index in [2.05, 4.69) is 53.8 Å². The molecule has 0 aromatic heterocycles. The molecule has 58 heavy (non-hydrogen) atoms. The van der Waals surface area contributed by atoms with Crippen molar-refractivity contribution in [2.24, 2.45) is 41.4 Å². The number of nitrogens with one attached hydrogen (secondary N) is 1. The number of carbonyl (C=O) groups is 5. The summed E-state index contributed by atoms with van der Waals surface area (Å²) in [5.41, 5.74) is 0. The molecule has 0 radical (unpaired) electrons. The van der Waals surface area contributed by atoms with E-state index in [0.29, 0.717) is 11.0 Å². The van der Waals surface area contributed by atoms with Crippen LogP contribution < -0.4 is 5.32 Å². The molecule has 0 aromatic rings. The second-order valence-electron chi connectivity index (χ2n) is 16.7. The van der Waals surface area contributed by atoms with Crippen molar-refractivity contribution in [1.82, 2.24) is 5.32 Å². The van der Waals surface area contributed by atoms with E-state index in [9.17, 15) is 24.0 Å². The maximum Gasteiger partial charge on any atom is 0.306 e. The zero-order valence-corrected chi connectivity index (χ0v) is 41.0. The zero-order valence-electron chi connectivity index (χ0n) is 40.2. The molecule has 0 aliphatic heterocycles. The molecule has 0 aliphatic rings. The summed E-state index contributed by atoms with van der Waals surface area (Å²) in [5, 5.41) is 29.5. The van der Waals surface area contributed by atoms with E-state index in [1.807, 2.05) is 20.8 Å². The van der Waals surface area contributed by atoms with E-state index >= 15 is 0 Å². The average Bonchev–Trinajstić information content (AvgIpc) is 3.20. The third kappa shape index (κ3) is 54.1. The molecule has 9 nitrogen and oxygen atoms in total. The first kappa shape index (κ1) is 65.2. The standard InChI is InChI=1S/C13H26O2.C12H25NO2.C9H18OS.C7H14O2.C7H14O/c1-4-5-8-11(2)9-6-7-10-12(3)13(14)15;1-4-5-6-10(2)9-13-8-7-11(3)12(14)15;1-4-6-7-8(3)9(10)11-5-2;1-3-4-5-6(2)7(8)9;1-3-4-5-7(2)6-8/h11-12H,4-10H2,1-3H3,(H,14,15);10-11,13H,4-9H2,1-3H3,(H,14,15);8H,4-7H2,1-3H3;6H,3-5H2,1-2H3,(H,8,9);6-7H,3-5H2,1-2H3/t11-,12-;10-,11-;8-;6-;7-/m00000/s1. The third-order valence-corrected chi connectivity index (χ3v) is 11.1. The molecule has 10 heteroatoms. The Morgan fingerprint density at radius 3 is 1.24 bits per heavy atom. The largest absolute Gasteiger partial charge is 0.481 e. The van der Waals surface area contributed by atoms with Crippen LogP contribution in [0.1, 0.15) is 218 Å². The van der Waals surface area contributed by atoms with E-state index in [4.69, 9.17) is 15.3 Å². The predicted octanol–water partition coefficient (Wildman–Crippen LogP) is 13.6. The van der Waals surface area contributed by atoms with E-state index in [1.54, 1.807) is 20.8 Å². The van der Waals surface area contributed by atoms with Crippen LogP contribution in [0.5, 0.6) is 0 Å². The fourth-order valence-electron chi connectivity index (χ4n) is 5.35. The monoisotopic (exact) mass is 848 g/mol. The third-order valence-electron chi connectivity index (χ3n) is 10.1. The summed E-state index contributed by atoms with van der Waals surface area (Å²) in [6, 6.07) is 0. The van der Waals surface area contributed by atoms with Crippen molar-refractivity contribution >= 4 is 41.1 Å². The fourth-order valence-corrected chi connectivity index (χ4v) is 6.04. The number of carbonyl (C=O) groups excluding carboxylic acids is 2. The molecular formula is C48H97NO8S. The molecule has 0 heterocycles. The average molecular weight is 848 g/mol. The second kappa shape index (κ2) is 49.4. The Morgan fingerprint density at radius 1 is 0.483 bits per heavy atom. The lowest BCUT2D eigenvalue weighted by atomic mass is 9.95. The molecule has 0 saturated heterocycles.